The van der Waals surface area contributed by atoms with Gasteiger partial charge in [0, 0.05) is 31.8 Å². The number of hydrogen-bond donors (Lipinski definition) is 0. The van der Waals surface area contributed by atoms with Crippen LogP contribution in [0.2, 0.25) is 0 Å². The number of halogens is 1. The van der Waals surface area contributed by atoms with Crippen LogP contribution in [0.3, 0.4) is 0 Å². The second-order valence-corrected chi connectivity index (χ2v) is 7.73. The van der Waals surface area contributed by atoms with Crippen LogP contribution in [-0.4, -0.2) is 41.7 Å². The largest absolute Gasteiger partial charge is 0.356 e. The van der Waals surface area contributed by atoms with Crippen molar-refractivity contribution in [1.29, 1.82) is 0 Å². The Hall–Kier alpha value is -2.47. The first-order valence-electron chi connectivity index (χ1n) is 9.52. The van der Waals surface area contributed by atoms with Crippen LogP contribution < -0.4 is 4.90 Å². The van der Waals surface area contributed by atoms with Gasteiger partial charge in [-0.1, -0.05) is 30.3 Å². The van der Waals surface area contributed by atoms with Crippen molar-refractivity contribution in [3.8, 4) is 0 Å². The van der Waals surface area contributed by atoms with Gasteiger partial charge >= 0.3 is 0 Å². The average molecular weight is 367 g/mol. The summed E-state index contributed by atoms with van der Waals surface area (Å²) in [6.07, 6.45) is 3.62. The molecule has 5 nitrogen and oxygen atoms in total. The van der Waals surface area contributed by atoms with Gasteiger partial charge in [-0.15, -0.1) is 0 Å². The molecule has 3 saturated heterocycles. The van der Waals surface area contributed by atoms with Crippen molar-refractivity contribution in [2.75, 3.05) is 24.6 Å². The van der Waals surface area contributed by atoms with Crippen molar-refractivity contribution in [1.82, 2.24) is 9.88 Å². The molecule has 0 radical (unpaired) electrons. The van der Waals surface area contributed by atoms with E-state index in [0.717, 1.165) is 24.8 Å². The highest BCUT2D eigenvalue weighted by atomic mass is 19.1. The van der Waals surface area contributed by atoms with Gasteiger partial charge in [0.15, 0.2) is 0 Å². The van der Waals surface area contributed by atoms with Gasteiger partial charge in [-0.05, 0) is 24.5 Å². The number of fused-ring (bicyclic) bond motifs is 1. The van der Waals surface area contributed by atoms with Crippen LogP contribution in [0.4, 0.5) is 10.2 Å². The zero-order valence-corrected chi connectivity index (χ0v) is 15.1. The summed E-state index contributed by atoms with van der Waals surface area (Å²) in [6.45, 7) is 1.98. The maximum Gasteiger partial charge on any atom is 0.231 e. The molecule has 1 amide bonds. The topological polar surface area (TPSA) is 45.7 Å². The van der Waals surface area contributed by atoms with Gasteiger partial charge < -0.3 is 14.5 Å². The molecule has 6 heteroatoms. The summed E-state index contributed by atoms with van der Waals surface area (Å²) in [5.41, 5.74) is 0.772. The van der Waals surface area contributed by atoms with Crippen LogP contribution in [0.25, 0.3) is 0 Å². The summed E-state index contributed by atoms with van der Waals surface area (Å²) >= 11 is 0. The SMILES string of the molecule is O=C1N2[C@H](CC13CCN(c1cc(F)ccn1)CC3)OC[C@H]2c1ccccc1. The van der Waals surface area contributed by atoms with E-state index in [9.17, 15) is 9.18 Å². The molecule has 0 bridgehead atoms. The molecule has 2 aromatic rings. The first-order chi connectivity index (χ1) is 13.2. The predicted octanol–water partition coefficient (Wildman–Crippen LogP) is 3.14. The van der Waals surface area contributed by atoms with Gasteiger partial charge in [-0.25, -0.2) is 9.37 Å². The molecule has 1 aromatic carbocycles. The van der Waals surface area contributed by atoms with E-state index in [1.165, 1.54) is 18.3 Å². The Kier molecular flexibility index (Phi) is 3.90. The fourth-order valence-corrected chi connectivity index (χ4v) is 4.77. The van der Waals surface area contributed by atoms with Crippen LogP contribution in [0.1, 0.15) is 30.9 Å². The van der Waals surface area contributed by atoms with E-state index in [4.69, 9.17) is 4.74 Å². The maximum atomic E-state index is 13.5. The molecule has 0 N–H and O–H groups in total. The number of anilines is 1. The third kappa shape index (κ3) is 2.70. The average Bonchev–Trinajstić information content (AvgIpc) is 3.22. The summed E-state index contributed by atoms with van der Waals surface area (Å²) in [5, 5.41) is 0. The Morgan fingerprint density at radius 1 is 1.15 bits per heavy atom. The maximum absolute atomic E-state index is 13.5. The second-order valence-electron chi connectivity index (χ2n) is 7.73. The second kappa shape index (κ2) is 6.30. The summed E-state index contributed by atoms with van der Waals surface area (Å²) < 4.78 is 19.5. The Bertz CT molecular complexity index is 852. The highest BCUT2D eigenvalue weighted by Crippen LogP contribution is 2.50. The number of nitrogens with zero attached hydrogens (tertiary/aromatic N) is 3. The summed E-state index contributed by atoms with van der Waals surface area (Å²) in [5.74, 6) is 0.580. The zero-order chi connectivity index (χ0) is 18.4. The lowest BCUT2D eigenvalue weighted by Gasteiger charge is -2.39. The van der Waals surface area contributed by atoms with Crippen molar-refractivity contribution in [2.24, 2.45) is 5.41 Å². The minimum Gasteiger partial charge on any atom is -0.356 e. The van der Waals surface area contributed by atoms with E-state index >= 15 is 0 Å². The van der Waals surface area contributed by atoms with Gasteiger partial charge in [0.25, 0.3) is 0 Å². The van der Waals surface area contributed by atoms with E-state index < -0.39 is 0 Å². The Morgan fingerprint density at radius 3 is 2.67 bits per heavy atom. The van der Waals surface area contributed by atoms with Crippen LogP contribution in [0.15, 0.2) is 48.7 Å². The summed E-state index contributed by atoms with van der Waals surface area (Å²) in [4.78, 5) is 21.7. The van der Waals surface area contributed by atoms with Crippen molar-refractivity contribution in [3.63, 3.8) is 0 Å². The van der Waals surface area contributed by atoms with Gasteiger partial charge in [0.05, 0.1) is 18.1 Å². The number of hydrogen-bond acceptors (Lipinski definition) is 4. The van der Waals surface area contributed by atoms with Crippen molar-refractivity contribution >= 4 is 11.7 Å². The lowest BCUT2D eigenvalue weighted by molar-refractivity contribution is -0.139. The number of piperidine rings is 1. The van der Waals surface area contributed by atoms with Crippen LogP contribution in [0, 0.1) is 11.2 Å². The fourth-order valence-electron chi connectivity index (χ4n) is 4.77. The molecule has 140 valence electrons. The van der Waals surface area contributed by atoms with E-state index in [0.29, 0.717) is 25.5 Å². The van der Waals surface area contributed by atoms with Gasteiger partial charge in [-0.3, -0.25) is 4.79 Å². The minimum atomic E-state index is -0.359. The molecule has 27 heavy (non-hydrogen) atoms. The Morgan fingerprint density at radius 2 is 1.93 bits per heavy atom. The standard InChI is InChI=1S/C21H22FN3O2/c22-16-6-9-23-18(12-16)24-10-7-21(8-11-24)13-19-25(20(21)26)17(14-27-19)15-4-2-1-3-5-15/h1-6,9,12,17,19H,7-8,10-11,13-14H2/t17-,19-/m0/s1. The van der Waals surface area contributed by atoms with Gasteiger partial charge in [0.1, 0.15) is 17.9 Å². The molecule has 1 spiro atoms. The monoisotopic (exact) mass is 367 g/mol. The van der Waals surface area contributed by atoms with Crippen molar-refractivity contribution < 1.29 is 13.9 Å². The fraction of sp³-hybridized carbons (Fsp3) is 0.429. The molecule has 3 fully saturated rings. The molecule has 1 aromatic heterocycles. The highest BCUT2D eigenvalue weighted by molar-refractivity contribution is 5.86. The quantitative estimate of drug-likeness (QED) is 0.818. The molecule has 5 rings (SSSR count). The van der Waals surface area contributed by atoms with Crippen LogP contribution >= 0.6 is 0 Å². The molecule has 0 saturated carbocycles. The number of carbonyl (C=O) groups is 1. The Balaban J connectivity index is 1.34. The van der Waals surface area contributed by atoms with Gasteiger partial charge in [-0.2, -0.15) is 0 Å². The molecular weight excluding hydrogens is 345 g/mol. The van der Waals surface area contributed by atoms with Gasteiger partial charge in [0.2, 0.25) is 5.91 Å². The number of aromatic nitrogens is 1. The minimum absolute atomic E-state index is 0.00555. The lowest BCUT2D eigenvalue weighted by atomic mass is 9.76. The first kappa shape index (κ1) is 16.7. The number of amides is 1. The number of ether oxygens (including phenoxy) is 1. The molecule has 3 aliphatic rings. The smallest absolute Gasteiger partial charge is 0.231 e. The van der Waals surface area contributed by atoms with Crippen LogP contribution in [-0.2, 0) is 9.53 Å². The number of benzene rings is 1. The van der Waals surface area contributed by atoms with E-state index in [1.807, 2.05) is 23.1 Å². The van der Waals surface area contributed by atoms with E-state index in [1.54, 1.807) is 0 Å². The lowest BCUT2D eigenvalue weighted by Crippen LogP contribution is -2.45. The molecular formula is C21H22FN3O2. The van der Waals surface area contributed by atoms with Crippen molar-refractivity contribution in [2.45, 2.75) is 31.5 Å². The summed E-state index contributed by atoms with van der Waals surface area (Å²) in [6, 6.07) is 12.9. The van der Waals surface area contributed by atoms with Crippen molar-refractivity contribution in [3.05, 3.63) is 60.0 Å². The zero-order valence-electron chi connectivity index (χ0n) is 15.1. The summed E-state index contributed by atoms with van der Waals surface area (Å²) in [7, 11) is 0. The van der Waals surface area contributed by atoms with E-state index in [2.05, 4.69) is 22.0 Å². The molecule has 0 aliphatic carbocycles. The Labute approximate surface area is 157 Å². The normalized spacial score (nSPS) is 26.6. The third-order valence-electron chi connectivity index (χ3n) is 6.28. The third-order valence-corrected chi connectivity index (χ3v) is 6.28. The molecule has 0 unspecified atom stereocenters. The molecule has 3 aliphatic heterocycles. The number of rotatable bonds is 2. The highest BCUT2D eigenvalue weighted by Gasteiger charge is 2.57. The predicted molar refractivity (Wildman–Crippen MR) is 98.5 cm³/mol. The number of carbonyl (C=O) groups excluding carboxylic acids is 1. The first-order valence-corrected chi connectivity index (χ1v) is 9.52. The molecule has 4 heterocycles. The van der Waals surface area contributed by atoms with E-state index in [-0.39, 0.29) is 29.4 Å². The number of pyridine rings is 1. The van der Waals surface area contributed by atoms with Crippen LogP contribution in [0.5, 0.6) is 0 Å². The molecule has 2 atom stereocenters.